The van der Waals surface area contributed by atoms with Gasteiger partial charge in [0, 0.05) is 12.6 Å². The zero-order valence-corrected chi connectivity index (χ0v) is 12.1. The van der Waals surface area contributed by atoms with Gasteiger partial charge in [0.1, 0.15) is 11.5 Å². The SMILES string of the molecule is Cc1ccc(-c2cc(C(=O)NCCC3CCNC3)n[nH]2)o1. The second-order valence-electron chi connectivity index (χ2n) is 5.48. The maximum atomic E-state index is 12.0. The van der Waals surface area contributed by atoms with Crippen molar-refractivity contribution in [1.29, 1.82) is 0 Å². The maximum absolute atomic E-state index is 12.0. The molecule has 3 heterocycles. The van der Waals surface area contributed by atoms with Crippen molar-refractivity contribution in [3.05, 3.63) is 29.7 Å². The predicted molar refractivity (Wildman–Crippen MR) is 79.0 cm³/mol. The topological polar surface area (TPSA) is 83.0 Å². The van der Waals surface area contributed by atoms with Crippen molar-refractivity contribution in [3.8, 4) is 11.5 Å². The average molecular weight is 288 g/mol. The van der Waals surface area contributed by atoms with Crippen LogP contribution in [-0.4, -0.2) is 35.7 Å². The summed E-state index contributed by atoms with van der Waals surface area (Å²) in [7, 11) is 0. The second-order valence-corrected chi connectivity index (χ2v) is 5.48. The van der Waals surface area contributed by atoms with Gasteiger partial charge in [-0.2, -0.15) is 5.10 Å². The van der Waals surface area contributed by atoms with Gasteiger partial charge in [0.25, 0.3) is 5.91 Å². The zero-order valence-electron chi connectivity index (χ0n) is 12.1. The van der Waals surface area contributed by atoms with E-state index in [1.807, 2.05) is 19.1 Å². The number of rotatable bonds is 5. The van der Waals surface area contributed by atoms with E-state index < -0.39 is 0 Å². The summed E-state index contributed by atoms with van der Waals surface area (Å²) in [5, 5.41) is 13.1. The molecule has 6 heteroatoms. The van der Waals surface area contributed by atoms with Crippen LogP contribution in [0.1, 0.15) is 29.1 Å². The molecule has 1 amide bonds. The van der Waals surface area contributed by atoms with Gasteiger partial charge in [-0.1, -0.05) is 0 Å². The molecule has 3 rings (SSSR count). The van der Waals surface area contributed by atoms with E-state index in [-0.39, 0.29) is 5.91 Å². The number of hydrogen-bond donors (Lipinski definition) is 3. The van der Waals surface area contributed by atoms with E-state index in [2.05, 4.69) is 20.8 Å². The maximum Gasteiger partial charge on any atom is 0.271 e. The van der Waals surface area contributed by atoms with Crippen molar-refractivity contribution >= 4 is 5.91 Å². The van der Waals surface area contributed by atoms with Gasteiger partial charge in [0.15, 0.2) is 11.5 Å². The number of amides is 1. The van der Waals surface area contributed by atoms with Crippen molar-refractivity contribution in [3.63, 3.8) is 0 Å². The third-order valence-electron chi connectivity index (χ3n) is 3.82. The number of aromatic nitrogens is 2. The van der Waals surface area contributed by atoms with Gasteiger partial charge >= 0.3 is 0 Å². The fraction of sp³-hybridized carbons (Fsp3) is 0.467. The molecule has 0 bridgehead atoms. The summed E-state index contributed by atoms with van der Waals surface area (Å²) in [5.74, 6) is 2.05. The Balaban J connectivity index is 1.54. The highest BCUT2D eigenvalue weighted by Gasteiger charge is 2.16. The molecule has 0 aliphatic carbocycles. The van der Waals surface area contributed by atoms with Gasteiger partial charge < -0.3 is 15.1 Å². The molecule has 1 saturated heterocycles. The number of carbonyl (C=O) groups is 1. The molecule has 1 fully saturated rings. The van der Waals surface area contributed by atoms with Crippen molar-refractivity contribution in [2.75, 3.05) is 19.6 Å². The Morgan fingerprint density at radius 1 is 1.52 bits per heavy atom. The van der Waals surface area contributed by atoms with Crippen LogP contribution in [-0.2, 0) is 0 Å². The van der Waals surface area contributed by atoms with Crippen molar-refractivity contribution in [2.24, 2.45) is 5.92 Å². The summed E-state index contributed by atoms with van der Waals surface area (Å²) in [6.45, 7) is 4.71. The van der Waals surface area contributed by atoms with E-state index in [1.165, 1.54) is 6.42 Å². The van der Waals surface area contributed by atoms with Gasteiger partial charge in [-0.3, -0.25) is 9.89 Å². The second kappa shape index (κ2) is 6.13. The monoisotopic (exact) mass is 288 g/mol. The van der Waals surface area contributed by atoms with Gasteiger partial charge in [-0.15, -0.1) is 0 Å². The van der Waals surface area contributed by atoms with Crippen LogP contribution >= 0.6 is 0 Å². The minimum Gasteiger partial charge on any atom is -0.460 e. The lowest BCUT2D eigenvalue weighted by molar-refractivity contribution is 0.0946. The standard InChI is InChI=1S/C15H20N4O2/c1-10-2-3-14(21-10)12-8-13(19-18-12)15(20)17-7-5-11-4-6-16-9-11/h2-3,8,11,16H,4-7,9H2,1H3,(H,17,20)(H,18,19). The lowest BCUT2D eigenvalue weighted by Gasteiger charge is -2.08. The normalized spacial score (nSPS) is 18.0. The summed E-state index contributed by atoms with van der Waals surface area (Å²) in [6.07, 6.45) is 2.20. The summed E-state index contributed by atoms with van der Waals surface area (Å²) < 4.78 is 5.50. The molecule has 0 spiro atoms. The smallest absolute Gasteiger partial charge is 0.271 e. The molecule has 1 atom stereocenters. The highest BCUT2D eigenvalue weighted by molar-refractivity contribution is 5.93. The Kier molecular flexibility index (Phi) is 4.06. The summed E-state index contributed by atoms with van der Waals surface area (Å²) in [5.41, 5.74) is 1.11. The van der Waals surface area contributed by atoms with Crippen molar-refractivity contribution in [1.82, 2.24) is 20.8 Å². The third-order valence-corrected chi connectivity index (χ3v) is 3.82. The Bertz CT molecular complexity index is 611. The van der Waals surface area contributed by atoms with E-state index in [9.17, 15) is 4.79 Å². The Morgan fingerprint density at radius 3 is 3.14 bits per heavy atom. The Hall–Kier alpha value is -2.08. The molecule has 1 aliphatic heterocycles. The first-order valence-corrected chi connectivity index (χ1v) is 7.33. The molecular formula is C15H20N4O2. The van der Waals surface area contributed by atoms with Gasteiger partial charge in [0.05, 0.1) is 0 Å². The third kappa shape index (κ3) is 3.33. The first-order chi connectivity index (χ1) is 10.2. The quantitative estimate of drug-likeness (QED) is 0.782. The van der Waals surface area contributed by atoms with Crippen molar-refractivity contribution in [2.45, 2.75) is 19.8 Å². The van der Waals surface area contributed by atoms with E-state index in [1.54, 1.807) is 6.07 Å². The predicted octanol–water partition coefficient (Wildman–Crippen LogP) is 1.71. The fourth-order valence-corrected chi connectivity index (χ4v) is 2.58. The molecule has 2 aromatic rings. The highest BCUT2D eigenvalue weighted by atomic mass is 16.3. The molecule has 1 unspecified atom stereocenters. The van der Waals surface area contributed by atoms with Crippen LogP contribution in [0.5, 0.6) is 0 Å². The molecule has 0 aromatic carbocycles. The van der Waals surface area contributed by atoms with Gasteiger partial charge in [-0.25, -0.2) is 0 Å². The van der Waals surface area contributed by atoms with Gasteiger partial charge in [-0.05, 0) is 50.9 Å². The number of hydrogen-bond acceptors (Lipinski definition) is 4. The van der Waals surface area contributed by atoms with E-state index in [0.717, 1.165) is 25.3 Å². The highest BCUT2D eigenvalue weighted by Crippen LogP contribution is 2.20. The molecule has 112 valence electrons. The largest absolute Gasteiger partial charge is 0.460 e. The van der Waals surface area contributed by atoms with E-state index in [4.69, 9.17) is 4.42 Å². The lowest BCUT2D eigenvalue weighted by atomic mass is 10.1. The molecule has 21 heavy (non-hydrogen) atoms. The van der Waals surface area contributed by atoms with Crippen LogP contribution < -0.4 is 10.6 Å². The Morgan fingerprint density at radius 2 is 2.43 bits per heavy atom. The minimum absolute atomic E-state index is 0.147. The summed E-state index contributed by atoms with van der Waals surface area (Å²) >= 11 is 0. The Labute approximate surface area is 123 Å². The first-order valence-electron chi connectivity index (χ1n) is 7.33. The minimum atomic E-state index is -0.147. The number of aromatic amines is 1. The van der Waals surface area contributed by atoms with E-state index in [0.29, 0.717) is 29.6 Å². The molecule has 6 nitrogen and oxygen atoms in total. The number of furan rings is 1. The van der Waals surface area contributed by atoms with Crippen LogP contribution in [0.3, 0.4) is 0 Å². The number of nitrogens with zero attached hydrogens (tertiary/aromatic N) is 1. The van der Waals surface area contributed by atoms with Crippen LogP contribution in [0, 0.1) is 12.8 Å². The number of nitrogens with one attached hydrogen (secondary N) is 3. The van der Waals surface area contributed by atoms with Crippen LogP contribution in [0.4, 0.5) is 0 Å². The number of H-pyrrole nitrogens is 1. The zero-order chi connectivity index (χ0) is 14.7. The van der Waals surface area contributed by atoms with Crippen LogP contribution in [0.15, 0.2) is 22.6 Å². The van der Waals surface area contributed by atoms with E-state index >= 15 is 0 Å². The van der Waals surface area contributed by atoms with Crippen molar-refractivity contribution < 1.29 is 9.21 Å². The number of carbonyl (C=O) groups excluding carboxylic acids is 1. The summed E-state index contributed by atoms with van der Waals surface area (Å²) in [6, 6.07) is 5.45. The molecule has 3 N–H and O–H groups in total. The van der Waals surface area contributed by atoms with Crippen LogP contribution in [0.25, 0.3) is 11.5 Å². The molecule has 1 aliphatic rings. The average Bonchev–Trinajstić information content (AvgIpc) is 3.19. The number of aryl methyl sites for hydroxylation is 1. The van der Waals surface area contributed by atoms with Crippen LogP contribution in [0.2, 0.25) is 0 Å². The molecular weight excluding hydrogens is 268 g/mol. The molecule has 0 saturated carbocycles. The molecule has 0 radical (unpaired) electrons. The van der Waals surface area contributed by atoms with Gasteiger partial charge in [0.2, 0.25) is 0 Å². The summed E-state index contributed by atoms with van der Waals surface area (Å²) in [4.78, 5) is 12.0. The lowest BCUT2D eigenvalue weighted by Crippen LogP contribution is -2.26. The first kappa shape index (κ1) is 13.9. The molecule has 2 aromatic heterocycles. The fourth-order valence-electron chi connectivity index (χ4n) is 2.58.